The van der Waals surface area contributed by atoms with Gasteiger partial charge in [0.15, 0.2) is 0 Å². The Balaban J connectivity index is 1.40. The molecule has 1 amide bonds. The number of amides is 1. The number of hydrogen-bond acceptors (Lipinski definition) is 4. The van der Waals surface area contributed by atoms with Crippen molar-refractivity contribution in [3.8, 4) is 11.1 Å². The molecule has 6 nitrogen and oxygen atoms in total. The van der Waals surface area contributed by atoms with Gasteiger partial charge in [-0.05, 0) is 30.5 Å². The topological polar surface area (TPSA) is 57.6 Å². The normalized spacial score (nSPS) is 15.3. The molecular formula is C25H30N4O2. The quantitative estimate of drug-likeness (QED) is 0.599. The van der Waals surface area contributed by atoms with E-state index in [0.717, 1.165) is 48.1 Å². The van der Waals surface area contributed by atoms with E-state index in [2.05, 4.69) is 34.3 Å². The number of likely N-dealkylation sites (N-methyl/N-ethyl adjacent to an activating group) is 1. The predicted octanol–water partition coefficient (Wildman–Crippen LogP) is 2.42. The summed E-state index contributed by atoms with van der Waals surface area (Å²) in [5.74, 6) is 0.0559. The largest absolute Gasteiger partial charge is 0.355 e. The number of aryl methyl sites for hydroxylation is 1. The van der Waals surface area contributed by atoms with Crippen LogP contribution in [0.1, 0.15) is 6.42 Å². The summed E-state index contributed by atoms with van der Waals surface area (Å²) in [6, 6.07) is 17.9. The Morgan fingerprint density at radius 2 is 1.61 bits per heavy atom. The van der Waals surface area contributed by atoms with E-state index < -0.39 is 0 Å². The van der Waals surface area contributed by atoms with Crippen LogP contribution in [0.3, 0.4) is 0 Å². The van der Waals surface area contributed by atoms with Crippen LogP contribution < -0.4 is 10.9 Å². The van der Waals surface area contributed by atoms with E-state index in [1.165, 1.54) is 0 Å². The van der Waals surface area contributed by atoms with Crippen LogP contribution in [0, 0.1) is 0 Å². The maximum absolute atomic E-state index is 13.0. The highest BCUT2D eigenvalue weighted by atomic mass is 16.2. The minimum absolute atomic E-state index is 0.0130. The number of hydrogen-bond donors (Lipinski definition) is 1. The molecule has 0 saturated carbocycles. The molecule has 1 fully saturated rings. The summed E-state index contributed by atoms with van der Waals surface area (Å²) < 4.78 is 1.78. The van der Waals surface area contributed by atoms with Crippen LogP contribution in [0.2, 0.25) is 0 Å². The van der Waals surface area contributed by atoms with Crippen molar-refractivity contribution in [3.05, 3.63) is 71.1 Å². The Morgan fingerprint density at radius 1 is 0.935 bits per heavy atom. The van der Waals surface area contributed by atoms with Gasteiger partial charge in [0.1, 0.15) is 0 Å². The lowest BCUT2D eigenvalue weighted by Crippen LogP contribution is -2.48. The fourth-order valence-corrected chi connectivity index (χ4v) is 4.10. The van der Waals surface area contributed by atoms with Crippen molar-refractivity contribution >= 4 is 16.7 Å². The molecule has 3 aromatic rings. The molecule has 2 aromatic carbocycles. The Labute approximate surface area is 183 Å². The maximum atomic E-state index is 13.0. The van der Waals surface area contributed by atoms with Gasteiger partial charge in [-0.15, -0.1) is 0 Å². The third kappa shape index (κ3) is 5.21. The molecule has 1 aliphatic heterocycles. The van der Waals surface area contributed by atoms with E-state index in [1.807, 2.05) is 48.7 Å². The third-order valence-electron chi connectivity index (χ3n) is 5.94. The first-order valence-electron chi connectivity index (χ1n) is 11.0. The van der Waals surface area contributed by atoms with E-state index in [4.69, 9.17) is 0 Å². The fourth-order valence-electron chi connectivity index (χ4n) is 4.10. The number of fused-ring (bicyclic) bond motifs is 1. The molecule has 0 unspecified atom stereocenters. The lowest BCUT2D eigenvalue weighted by Gasteiger charge is -2.31. The second-order valence-electron chi connectivity index (χ2n) is 8.24. The highest BCUT2D eigenvalue weighted by molar-refractivity contribution is 5.95. The molecule has 2 heterocycles. The molecule has 1 saturated heterocycles. The SMILES string of the molecule is CN1CCN(CC(=O)NCCCn2cc(-c3ccccc3)c3ccccc3c2=O)CC1. The third-order valence-corrected chi connectivity index (χ3v) is 5.94. The molecule has 162 valence electrons. The van der Waals surface area contributed by atoms with Crippen LogP contribution >= 0.6 is 0 Å². The van der Waals surface area contributed by atoms with Gasteiger partial charge in [0, 0.05) is 56.4 Å². The van der Waals surface area contributed by atoms with Crippen molar-refractivity contribution in [1.29, 1.82) is 0 Å². The average Bonchev–Trinajstić information content (AvgIpc) is 2.80. The van der Waals surface area contributed by atoms with Crippen LogP contribution in [0.5, 0.6) is 0 Å². The number of carbonyl (C=O) groups is 1. The second kappa shape index (κ2) is 9.90. The molecule has 1 aromatic heterocycles. The monoisotopic (exact) mass is 418 g/mol. The van der Waals surface area contributed by atoms with Gasteiger partial charge in [-0.25, -0.2) is 0 Å². The summed E-state index contributed by atoms with van der Waals surface area (Å²) in [6.07, 6.45) is 2.66. The van der Waals surface area contributed by atoms with Gasteiger partial charge in [-0.1, -0.05) is 48.5 Å². The zero-order chi connectivity index (χ0) is 21.6. The Hall–Kier alpha value is -2.96. The summed E-state index contributed by atoms with van der Waals surface area (Å²) in [5, 5.41) is 4.70. The predicted molar refractivity (Wildman–Crippen MR) is 125 cm³/mol. The first kappa shape index (κ1) is 21.3. The number of aromatic nitrogens is 1. The van der Waals surface area contributed by atoms with E-state index in [0.29, 0.717) is 26.1 Å². The highest BCUT2D eigenvalue weighted by Gasteiger charge is 2.16. The number of pyridine rings is 1. The number of carbonyl (C=O) groups excluding carboxylic acids is 1. The molecule has 0 bridgehead atoms. The minimum atomic E-state index is 0.0130. The van der Waals surface area contributed by atoms with Gasteiger partial charge >= 0.3 is 0 Å². The van der Waals surface area contributed by atoms with Crippen molar-refractivity contribution in [3.63, 3.8) is 0 Å². The van der Waals surface area contributed by atoms with Crippen molar-refractivity contribution in [1.82, 2.24) is 19.7 Å². The van der Waals surface area contributed by atoms with Crippen molar-refractivity contribution in [2.75, 3.05) is 46.3 Å². The van der Waals surface area contributed by atoms with Gasteiger partial charge in [-0.2, -0.15) is 0 Å². The molecular weight excluding hydrogens is 388 g/mol. The van der Waals surface area contributed by atoms with Crippen LogP contribution in [0.25, 0.3) is 21.9 Å². The minimum Gasteiger partial charge on any atom is -0.355 e. The van der Waals surface area contributed by atoms with Gasteiger partial charge < -0.3 is 14.8 Å². The summed E-state index contributed by atoms with van der Waals surface area (Å²) in [7, 11) is 2.11. The zero-order valence-electron chi connectivity index (χ0n) is 18.1. The first-order chi connectivity index (χ1) is 15.1. The second-order valence-corrected chi connectivity index (χ2v) is 8.24. The van der Waals surface area contributed by atoms with Gasteiger partial charge in [0.25, 0.3) is 5.56 Å². The Bertz CT molecular complexity index is 1090. The van der Waals surface area contributed by atoms with Crippen LogP contribution in [0.4, 0.5) is 0 Å². The molecule has 0 spiro atoms. The van der Waals surface area contributed by atoms with Crippen molar-refractivity contribution < 1.29 is 4.79 Å². The lowest BCUT2D eigenvalue weighted by atomic mass is 10.0. The summed E-state index contributed by atoms with van der Waals surface area (Å²) >= 11 is 0. The van der Waals surface area contributed by atoms with Gasteiger partial charge in [0.2, 0.25) is 5.91 Å². The molecule has 0 radical (unpaired) electrons. The molecule has 4 rings (SSSR count). The van der Waals surface area contributed by atoms with E-state index in [1.54, 1.807) is 4.57 Å². The number of piperazine rings is 1. The molecule has 1 aliphatic rings. The highest BCUT2D eigenvalue weighted by Crippen LogP contribution is 2.26. The average molecular weight is 419 g/mol. The molecule has 6 heteroatoms. The van der Waals surface area contributed by atoms with Gasteiger partial charge in [-0.3, -0.25) is 14.5 Å². The van der Waals surface area contributed by atoms with Crippen LogP contribution in [0.15, 0.2) is 65.6 Å². The van der Waals surface area contributed by atoms with Crippen LogP contribution in [-0.4, -0.2) is 66.6 Å². The Kier molecular flexibility index (Phi) is 6.79. The summed E-state index contributed by atoms with van der Waals surface area (Å²) in [5.41, 5.74) is 2.15. The molecule has 1 N–H and O–H groups in total. The van der Waals surface area contributed by atoms with E-state index in [-0.39, 0.29) is 11.5 Å². The number of rotatable bonds is 7. The summed E-state index contributed by atoms with van der Waals surface area (Å²) in [6.45, 7) is 5.44. The number of nitrogens with zero attached hydrogens (tertiary/aromatic N) is 3. The first-order valence-corrected chi connectivity index (χ1v) is 11.0. The molecule has 31 heavy (non-hydrogen) atoms. The van der Waals surface area contributed by atoms with Crippen molar-refractivity contribution in [2.24, 2.45) is 0 Å². The van der Waals surface area contributed by atoms with Gasteiger partial charge in [0.05, 0.1) is 6.54 Å². The van der Waals surface area contributed by atoms with Crippen LogP contribution in [-0.2, 0) is 11.3 Å². The fraction of sp³-hybridized carbons (Fsp3) is 0.360. The summed E-state index contributed by atoms with van der Waals surface area (Å²) in [4.78, 5) is 29.7. The zero-order valence-corrected chi connectivity index (χ0v) is 18.1. The van der Waals surface area contributed by atoms with Crippen molar-refractivity contribution in [2.45, 2.75) is 13.0 Å². The number of benzene rings is 2. The maximum Gasteiger partial charge on any atom is 0.258 e. The van der Waals surface area contributed by atoms with E-state index in [9.17, 15) is 9.59 Å². The standard InChI is InChI=1S/C25H30N4O2/c1-27-14-16-28(17-15-27)19-24(30)26-12-7-13-29-18-23(20-8-3-2-4-9-20)21-10-5-6-11-22(21)25(29)31/h2-6,8-11,18H,7,12-17,19H2,1H3,(H,26,30). The van der Waals surface area contributed by atoms with E-state index >= 15 is 0 Å². The lowest BCUT2D eigenvalue weighted by molar-refractivity contribution is -0.122. The Morgan fingerprint density at radius 3 is 2.35 bits per heavy atom. The number of nitrogens with one attached hydrogen (secondary N) is 1. The molecule has 0 atom stereocenters. The molecule has 0 aliphatic carbocycles. The smallest absolute Gasteiger partial charge is 0.258 e.